The zero-order valence-corrected chi connectivity index (χ0v) is 15.3. The molecule has 7 heteroatoms. The van der Waals surface area contributed by atoms with Gasteiger partial charge in [-0.15, -0.1) is 0 Å². The van der Waals surface area contributed by atoms with Gasteiger partial charge in [0.2, 0.25) is 5.91 Å². The average Bonchev–Trinajstić information content (AvgIpc) is 2.81. The van der Waals surface area contributed by atoms with E-state index < -0.39 is 0 Å². The van der Waals surface area contributed by atoms with Gasteiger partial charge in [-0.1, -0.05) is 13.0 Å². The SMILES string of the molecule is CNC(=O)Nc1cccc(NC(=O)C(C)Cc2c(C)nn(C)c2C)c1. The van der Waals surface area contributed by atoms with Gasteiger partial charge < -0.3 is 16.0 Å². The maximum Gasteiger partial charge on any atom is 0.318 e. The maximum atomic E-state index is 12.5. The smallest absolute Gasteiger partial charge is 0.318 e. The number of aromatic nitrogens is 2. The Balaban J connectivity index is 2.03. The number of nitrogens with zero attached hydrogens (tertiary/aromatic N) is 2. The molecule has 1 unspecified atom stereocenters. The summed E-state index contributed by atoms with van der Waals surface area (Å²) in [4.78, 5) is 23.9. The minimum absolute atomic E-state index is 0.0697. The largest absolute Gasteiger partial charge is 0.341 e. The summed E-state index contributed by atoms with van der Waals surface area (Å²) in [7, 11) is 3.45. The molecular formula is C18H25N5O2. The summed E-state index contributed by atoms with van der Waals surface area (Å²) in [6, 6.07) is 6.75. The topological polar surface area (TPSA) is 88.1 Å². The van der Waals surface area contributed by atoms with E-state index in [-0.39, 0.29) is 17.9 Å². The van der Waals surface area contributed by atoms with E-state index in [1.807, 2.05) is 32.5 Å². The molecule has 25 heavy (non-hydrogen) atoms. The van der Waals surface area contributed by atoms with Crippen molar-refractivity contribution < 1.29 is 9.59 Å². The molecule has 0 spiro atoms. The Labute approximate surface area is 147 Å². The van der Waals surface area contributed by atoms with Gasteiger partial charge in [0.25, 0.3) is 0 Å². The van der Waals surface area contributed by atoms with Gasteiger partial charge in [-0.3, -0.25) is 9.48 Å². The molecule has 2 aromatic rings. The molecule has 0 aliphatic heterocycles. The van der Waals surface area contributed by atoms with Gasteiger partial charge in [-0.05, 0) is 44.0 Å². The predicted molar refractivity (Wildman–Crippen MR) is 98.7 cm³/mol. The van der Waals surface area contributed by atoms with E-state index >= 15 is 0 Å². The van der Waals surface area contributed by atoms with Gasteiger partial charge in [-0.2, -0.15) is 5.10 Å². The van der Waals surface area contributed by atoms with Crippen molar-refractivity contribution in [3.63, 3.8) is 0 Å². The van der Waals surface area contributed by atoms with Crippen LogP contribution >= 0.6 is 0 Å². The van der Waals surface area contributed by atoms with E-state index in [1.54, 1.807) is 31.3 Å². The summed E-state index contributed by atoms with van der Waals surface area (Å²) in [5.74, 6) is -0.267. The molecule has 3 N–H and O–H groups in total. The molecule has 0 aliphatic rings. The standard InChI is InChI=1S/C18H25N5O2/c1-11(9-16-12(2)22-23(5)13(16)3)17(24)20-14-7-6-8-15(10-14)21-18(25)19-4/h6-8,10-11H,9H2,1-5H3,(H,20,24)(H2,19,21,25). The lowest BCUT2D eigenvalue weighted by Crippen LogP contribution is -2.25. The Morgan fingerprint density at radius 2 is 1.84 bits per heavy atom. The molecule has 7 nitrogen and oxygen atoms in total. The highest BCUT2D eigenvalue weighted by atomic mass is 16.2. The Morgan fingerprint density at radius 1 is 1.20 bits per heavy atom. The number of urea groups is 1. The fourth-order valence-corrected chi connectivity index (χ4v) is 2.65. The van der Waals surface area contributed by atoms with Crippen molar-refractivity contribution in [3.8, 4) is 0 Å². The van der Waals surface area contributed by atoms with Crippen LogP contribution in [0.1, 0.15) is 23.9 Å². The molecule has 0 bridgehead atoms. The fraction of sp³-hybridized carbons (Fsp3) is 0.389. The molecule has 0 aliphatic carbocycles. The van der Waals surface area contributed by atoms with Crippen LogP contribution in [0.3, 0.4) is 0 Å². The molecule has 134 valence electrons. The normalized spacial score (nSPS) is 11.7. The van der Waals surface area contributed by atoms with Gasteiger partial charge in [0.05, 0.1) is 5.69 Å². The van der Waals surface area contributed by atoms with Crippen molar-refractivity contribution >= 4 is 23.3 Å². The lowest BCUT2D eigenvalue weighted by Gasteiger charge is -2.13. The van der Waals surface area contributed by atoms with Crippen molar-refractivity contribution in [1.29, 1.82) is 0 Å². The van der Waals surface area contributed by atoms with E-state index in [0.29, 0.717) is 17.8 Å². The van der Waals surface area contributed by atoms with Gasteiger partial charge in [0.1, 0.15) is 0 Å². The second-order valence-corrected chi connectivity index (χ2v) is 6.15. The van der Waals surface area contributed by atoms with E-state index in [2.05, 4.69) is 21.0 Å². The van der Waals surface area contributed by atoms with Gasteiger partial charge in [0, 0.05) is 37.1 Å². The molecule has 3 amide bonds. The Morgan fingerprint density at radius 3 is 2.40 bits per heavy atom. The molecule has 1 aromatic heterocycles. The summed E-state index contributed by atoms with van der Waals surface area (Å²) in [6.07, 6.45) is 0.632. The molecule has 0 radical (unpaired) electrons. The second-order valence-electron chi connectivity index (χ2n) is 6.15. The number of nitrogens with one attached hydrogen (secondary N) is 3. The van der Waals surface area contributed by atoms with Crippen molar-refractivity contribution in [2.45, 2.75) is 27.2 Å². The molecule has 1 atom stereocenters. The molecule has 0 saturated heterocycles. The molecular weight excluding hydrogens is 318 g/mol. The highest BCUT2D eigenvalue weighted by Crippen LogP contribution is 2.20. The van der Waals surface area contributed by atoms with Crippen LogP contribution in [0.2, 0.25) is 0 Å². The molecule has 1 aromatic carbocycles. The third-order valence-electron chi connectivity index (χ3n) is 4.23. The first-order valence-electron chi connectivity index (χ1n) is 8.20. The Hall–Kier alpha value is -2.83. The van der Waals surface area contributed by atoms with Gasteiger partial charge in [0.15, 0.2) is 0 Å². The lowest BCUT2D eigenvalue weighted by molar-refractivity contribution is -0.119. The number of hydrogen-bond acceptors (Lipinski definition) is 3. The number of carbonyl (C=O) groups is 2. The minimum atomic E-state index is -0.306. The number of amides is 3. The number of rotatable bonds is 5. The highest BCUT2D eigenvalue weighted by Gasteiger charge is 2.18. The number of carbonyl (C=O) groups excluding carboxylic acids is 2. The van der Waals surface area contributed by atoms with Crippen molar-refractivity contribution in [3.05, 3.63) is 41.2 Å². The summed E-state index contributed by atoms with van der Waals surface area (Å²) in [5.41, 5.74) is 4.40. The van der Waals surface area contributed by atoms with Crippen LogP contribution in [-0.2, 0) is 18.3 Å². The van der Waals surface area contributed by atoms with Crippen LogP contribution in [0.4, 0.5) is 16.2 Å². The van der Waals surface area contributed by atoms with Crippen molar-refractivity contribution in [2.75, 3.05) is 17.7 Å². The first-order chi connectivity index (χ1) is 11.8. The van der Waals surface area contributed by atoms with Crippen LogP contribution in [0, 0.1) is 19.8 Å². The quantitative estimate of drug-likeness (QED) is 0.780. The summed E-state index contributed by atoms with van der Waals surface area (Å²) in [5, 5.41) is 12.5. The first kappa shape index (κ1) is 18.5. The van der Waals surface area contributed by atoms with Gasteiger partial charge in [-0.25, -0.2) is 4.79 Å². The van der Waals surface area contributed by atoms with Crippen LogP contribution in [0.5, 0.6) is 0 Å². The minimum Gasteiger partial charge on any atom is -0.341 e. The van der Waals surface area contributed by atoms with E-state index in [4.69, 9.17) is 0 Å². The Bertz CT molecular complexity index is 782. The van der Waals surface area contributed by atoms with Crippen LogP contribution in [0.15, 0.2) is 24.3 Å². The molecule has 0 saturated carbocycles. The monoisotopic (exact) mass is 343 g/mol. The number of hydrogen-bond donors (Lipinski definition) is 3. The van der Waals surface area contributed by atoms with Crippen molar-refractivity contribution in [1.82, 2.24) is 15.1 Å². The zero-order chi connectivity index (χ0) is 18.6. The highest BCUT2D eigenvalue weighted by molar-refractivity contribution is 5.94. The average molecular weight is 343 g/mol. The number of benzene rings is 1. The Kier molecular flexibility index (Phi) is 5.80. The third kappa shape index (κ3) is 4.59. The maximum absolute atomic E-state index is 12.5. The number of anilines is 2. The molecule has 1 heterocycles. The van der Waals surface area contributed by atoms with Crippen molar-refractivity contribution in [2.24, 2.45) is 13.0 Å². The fourth-order valence-electron chi connectivity index (χ4n) is 2.65. The second kappa shape index (κ2) is 7.83. The summed E-state index contributed by atoms with van der Waals surface area (Å²) in [6.45, 7) is 5.86. The van der Waals surface area contributed by atoms with Crippen LogP contribution in [0.25, 0.3) is 0 Å². The van der Waals surface area contributed by atoms with Crippen LogP contribution in [-0.4, -0.2) is 28.8 Å². The van der Waals surface area contributed by atoms with Gasteiger partial charge >= 0.3 is 6.03 Å². The van der Waals surface area contributed by atoms with E-state index in [1.165, 1.54) is 0 Å². The third-order valence-corrected chi connectivity index (χ3v) is 4.23. The first-order valence-corrected chi connectivity index (χ1v) is 8.20. The molecule has 0 fully saturated rings. The summed E-state index contributed by atoms with van der Waals surface area (Å²) >= 11 is 0. The molecule has 2 rings (SSSR count). The van der Waals surface area contributed by atoms with Crippen LogP contribution < -0.4 is 16.0 Å². The number of aryl methyl sites for hydroxylation is 2. The van der Waals surface area contributed by atoms with E-state index in [9.17, 15) is 9.59 Å². The summed E-state index contributed by atoms with van der Waals surface area (Å²) < 4.78 is 1.84. The zero-order valence-electron chi connectivity index (χ0n) is 15.3. The predicted octanol–water partition coefficient (Wildman–Crippen LogP) is 2.61. The lowest BCUT2D eigenvalue weighted by atomic mass is 9.99. The van der Waals surface area contributed by atoms with E-state index in [0.717, 1.165) is 17.0 Å².